The standard InChI is InChI=1S/C27H27N3O3/c1-18-22(14-8-15-23(18)28-19(2)31)26(32)29-25(21-11-4-3-5-12-21)27(33)30-17-9-13-20-10-6-7-16-24(20)30/h3-8,10-12,14-16,25H,9,13,17H2,1-2H3,(H,28,31)(H,29,32)/t25-/m1/s1. The lowest BCUT2D eigenvalue weighted by atomic mass is 9.98. The van der Waals surface area contributed by atoms with E-state index in [9.17, 15) is 14.4 Å². The number of carbonyl (C=O) groups is 3. The fraction of sp³-hybridized carbons (Fsp3) is 0.222. The minimum absolute atomic E-state index is 0.169. The number of rotatable bonds is 5. The summed E-state index contributed by atoms with van der Waals surface area (Å²) in [6.45, 7) is 3.80. The van der Waals surface area contributed by atoms with Gasteiger partial charge >= 0.3 is 0 Å². The number of fused-ring (bicyclic) bond motifs is 1. The van der Waals surface area contributed by atoms with Crippen molar-refractivity contribution >= 4 is 29.1 Å². The van der Waals surface area contributed by atoms with Gasteiger partial charge in [-0.2, -0.15) is 0 Å². The zero-order chi connectivity index (χ0) is 23.4. The summed E-state index contributed by atoms with van der Waals surface area (Å²) in [4.78, 5) is 40.4. The average molecular weight is 442 g/mol. The Morgan fingerprint density at radius 2 is 1.64 bits per heavy atom. The van der Waals surface area contributed by atoms with E-state index < -0.39 is 6.04 Å². The number of nitrogens with one attached hydrogen (secondary N) is 2. The Balaban J connectivity index is 1.67. The first-order valence-corrected chi connectivity index (χ1v) is 11.1. The number of carbonyl (C=O) groups excluding carboxylic acids is 3. The van der Waals surface area contributed by atoms with E-state index in [4.69, 9.17) is 0 Å². The third-order valence-electron chi connectivity index (χ3n) is 5.92. The van der Waals surface area contributed by atoms with Gasteiger partial charge in [0.15, 0.2) is 0 Å². The Labute approximate surface area is 193 Å². The number of hydrogen-bond donors (Lipinski definition) is 2. The second-order valence-electron chi connectivity index (χ2n) is 8.20. The van der Waals surface area contributed by atoms with E-state index in [1.165, 1.54) is 6.92 Å². The molecule has 168 valence electrons. The lowest BCUT2D eigenvalue weighted by Crippen LogP contribution is -2.45. The average Bonchev–Trinajstić information content (AvgIpc) is 2.83. The number of nitrogens with zero attached hydrogens (tertiary/aromatic N) is 1. The Kier molecular flexibility index (Phi) is 6.54. The molecule has 3 aromatic carbocycles. The molecule has 4 rings (SSSR count). The molecule has 0 bridgehead atoms. The summed E-state index contributed by atoms with van der Waals surface area (Å²) in [5.74, 6) is -0.749. The maximum atomic E-state index is 13.8. The molecule has 3 amide bonds. The number of para-hydroxylation sites is 1. The van der Waals surface area contributed by atoms with Crippen LogP contribution in [0.2, 0.25) is 0 Å². The first-order valence-electron chi connectivity index (χ1n) is 11.1. The van der Waals surface area contributed by atoms with Gasteiger partial charge < -0.3 is 15.5 Å². The van der Waals surface area contributed by atoms with E-state index in [1.54, 1.807) is 30.0 Å². The topological polar surface area (TPSA) is 78.5 Å². The third-order valence-corrected chi connectivity index (χ3v) is 5.92. The normalized spacial score (nSPS) is 13.6. The highest BCUT2D eigenvalue weighted by Crippen LogP contribution is 2.30. The third kappa shape index (κ3) is 4.80. The Morgan fingerprint density at radius 1 is 0.909 bits per heavy atom. The van der Waals surface area contributed by atoms with Crippen molar-refractivity contribution in [1.82, 2.24) is 5.32 Å². The number of amides is 3. The van der Waals surface area contributed by atoms with Gasteiger partial charge in [-0.1, -0.05) is 54.6 Å². The maximum absolute atomic E-state index is 13.8. The van der Waals surface area contributed by atoms with Crippen LogP contribution in [-0.2, 0) is 16.0 Å². The predicted molar refractivity (Wildman–Crippen MR) is 129 cm³/mol. The number of aryl methyl sites for hydroxylation is 1. The molecule has 1 aliphatic rings. The largest absolute Gasteiger partial charge is 0.336 e. The minimum atomic E-state index is -0.839. The van der Waals surface area contributed by atoms with Crippen molar-refractivity contribution in [3.8, 4) is 0 Å². The van der Waals surface area contributed by atoms with Gasteiger partial charge in [-0.25, -0.2) is 0 Å². The van der Waals surface area contributed by atoms with Gasteiger partial charge in [0.2, 0.25) is 5.91 Å². The molecule has 0 aromatic heterocycles. The molecule has 33 heavy (non-hydrogen) atoms. The quantitative estimate of drug-likeness (QED) is 0.616. The van der Waals surface area contributed by atoms with Gasteiger partial charge in [0.05, 0.1) is 0 Å². The van der Waals surface area contributed by atoms with E-state index in [0.717, 1.165) is 29.7 Å². The fourth-order valence-electron chi connectivity index (χ4n) is 4.27. The first kappa shape index (κ1) is 22.3. The van der Waals surface area contributed by atoms with Crippen molar-refractivity contribution in [3.63, 3.8) is 0 Å². The highest BCUT2D eigenvalue weighted by atomic mass is 16.2. The van der Waals surface area contributed by atoms with Crippen molar-refractivity contribution in [3.05, 3.63) is 95.1 Å². The van der Waals surface area contributed by atoms with Gasteiger partial charge in [0, 0.05) is 30.4 Å². The molecule has 0 spiro atoms. The van der Waals surface area contributed by atoms with E-state index in [2.05, 4.69) is 10.6 Å². The first-order chi connectivity index (χ1) is 16.0. The highest BCUT2D eigenvalue weighted by molar-refractivity contribution is 6.04. The van der Waals surface area contributed by atoms with Crippen LogP contribution < -0.4 is 15.5 Å². The maximum Gasteiger partial charge on any atom is 0.254 e. The molecule has 1 atom stereocenters. The van der Waals surface area contributed by atoms with Gasteiger partial charge in [-0.05, 0) is 54.7 Å². The van der Waals surface area contributed by atoms with Crippen molar-refractivity contribution in [2.24, 2.45) is 0 Å². The van der Waals surface area contributed by atoms with Crippen molar-refractivity contribution in [1.29, 1.82) is 0 Å². The summed E-state index contributed by atoms with van der Waals surface area (Å²) in [7, 11) is 0. The van der Waals surface area contributed by atoms with Gasteiger partial charge in [-0.15, -0.1) is 0 Å². The van der Waals surface area contributed by atoms with Gasteiger partial charge in [0.25, 0.3) is 11.8 Å². The van der Waals surface area contributed by atoms with Gasteiger partial charge in [0.1, 0.15) is 6.04 Å². The van der Waals surface area contributed by atoms with E-state index in [0.29, 0.717) is 23.4 Å². The SMILES string of the molecule is CC(=O)Nc1cccc(C(=O)N[C@@H](C(=O)N2CCCc3ccccc32)c2ccccc2)c1C. The lowest BCUT2D eigenvalue weighted by molar-refractivity contribution is -0.120. The van der Waals surface area contributed by atoms with Crippen LogP contribution in [0.4, 0.5) is 11.4 Å². The molecule has 0 radical (unpaired) electrons. The molecule has 0 saturated heterocycles. The van der Waals surface area contributed by atoms with Crippen LogP contribution in [0.3, 0.4) is 0 Å². The van der Waals surface area contributed by atoms with E-state index in [-0.39, 0.29) is 17.7 Å². The molecule has 2 N–H and O–H groups in total. The minimum Gasteiger partial charge on any atom is -0.336 e. The molecule has 0 fully saturated rings. The number of hydrogen-bond acceptors (Lipinski definition) is 3. The highest BCUT2D eigenvalue weighted by Gasteiger charge is 2.31. The molecule has 6 nitrogen and oxygen atoms in total. The van der Waals surface area contributed by atoms with E-state index in [1.807, 2.05) is 54.6 Å². The van der Waals surface area contributed by atoms with Crippen LogP contribution in [0, 0.1) is 6.92 Å². The zero-order valence-corrected chi connectivity index (χ0v) is 18.8. The summed E-state index contributed by atoms with van der Waals surface area (Å²) in [5.41, 5.74) is 4.38. The Morgan fingerprint density at radius 3 is 2.39 bits per heavy atom. The molecular weight excluding hydrogens is 414 g/mol. The lowest BCUT2D eigenvalue weighted by Gasteiger charge is -2.33. The van der Waals surface area contributed by atoms with Crippen LogP contribution in [0.15, 0.2) is 72.8 Å². The van der Waals surface area contributed by atoms with Crippen LogP contribution >= 0.6 is 0 Å². The molecule has 1 aliphatic heterocycles. The summed E-state index contributed by atoms with van der Waals surface area (Å²) in [5, 5.41) is 5.70. The Hall–Kier alpha value is -3.93. The zero-order valence-electron chi connectivity index (χ0n) is 18.8. The molecule has 3 aromatic rings. The second kappa shape index (κ2) is 9.69. The summed E-state index contributed by atoms with van der Waals surface area (Å²) < 4.78 is 0. The molecular formula is C27H27N3O3. The van der Waals surface area contributed by atoms with Crippen LogP contribution in [0.5, 0.6) is 0 Å². The van der Waals surface area contributed by atoms with Crippen LogP contribution in [-0.4, -0.2) is 24.3 Å². The van der Waals surface area contributed by atoms with Crippen molar-refractivity contribution in [2.75, 3.05) is 16.8 Å². The fourth-order valence-corrected chi connectivity index (χ4v) is 4.27. The number of anilines is 2. The van der Waals surface area contributed by atoms with Gasteiger partial charge in [-0.3, -0.25) is 14.4 Å². The van der Waals surface area contributed by atoms with Crippen molar-refractivity contribution in [2.45, 2.75) is 32.7 Å². The monoisotopic (exact) mass is 441 g/mol. The molecule has 0 saturated carbocycles. The second-order valence-corrected chi connectivity index (χ2v) is 8.20. The summed E-state index contributed by atoms with van der Waals surface area (Å²) in [6.07, 6.45) is 1.80. The summed E-state index contributed by atoms with van der Waals surface area (Å²) in [6, 6.07) is 21.5. The van der Waals surface area contributed by atoms with Crippen LogP contribution in [0.25, 0.3) is 0 Å². The smallest absolute Gasteiger partial charge is 0.254 e. The Bertz CT molecular complexity index is 1190. The van der Waals surface area contributed by atoms with E-state index >= 15 is 0 Å². The molecule has 6 heteroatoms. The van der Waals surface area contributed by atoms with Crippen LogP contribution in [0.1, 0.15) is 46.4 Å². The number of benzene rings is 3. The van der Waals surface area contributed by atoms with Crippen molar-refractivity contribution < 1.29 is 14.4 Å². The summed E-state index contributed by atoms with van der Waals surface area (Å²) >= 11 is 0. The molecule has 0 aliphatic carbocycles. The predicted octanol–water partition coefficient (Wildman–Crippen LogP) is 4.40. The molecule has 1 heterocycles. The molecule has 0 unspecified atom stereocenters.